The van der Waals surface area contributed by atoms with Gasteiger partial charge in [-0.1, -0.05) is 6.42 Å². The van der Waals surface area contributed by atoms with Gasteiger partial charge in [-0.3, -0.25) is 0 Å². The zero-order chi connectivity index (χ0) is 18.1. The van der Waals surface area contributed by atoms with Crippen LogP contribution in [0.4, 0.5) is 13.2 Å². The second kappa shape index (κ2) is 6.97. The molecule has 138 valence electrons. The third-order valence-electron chi connectivity index (χ3n) is 4.42. The normalized spacial score (nSPS) is 17.2. The largest absolute Gasteiger partial charge is 0.416 e. The van der Waals surface area contributed by atoms with Crippen molar-refractivity contribution in [2.45, 2.75) is 30.3 Å². The van der Waals surface area contributed by atoms with Crippen molar-refractivity contribution >= 4 is 20.9 Å². The number of piperidine rings is 1. The Hall–Kier alpha value is -1.58. The van der Waals surface area contributed by atoms with E-state index < -0.39 is 21.8 Å². The summed E-state index contributed by atoms with van der Waals surface area (Å²) in [6.45, 7) is 2.57. The molecule has 1 aliphatic heterocycles. The van der Waals surface area contributed by atoms with Gasteiger partial charge in [0, 0.05) is 30.2 Å². The van der Waals surface area contributed by atoms with Crippen LogP contribution in [0.1, 0.15) is 24.8 Å². The van der Waals surface area contributed by atoms with Gasteiger partial charge in [0.1, 0.15) is 0 Å². The summed E-state index contributed by atoms with van der Waals surface area (Å²) in [5.41, 5.74) is -0.843. The van der Waals surface area contributed by atoms with E-state index in [4.69, 9.17) is 0 Å². The zero-order valence-electron chi connectivity index (χ0n) is 13.6. The van der Waals surface area contributed by atoms with Crippen LogP contribution in [0.2, 0.25) is 0 Å². The van der Waals surface area contributed by atoms with Crippen LogP contribution in [-0.2, 0) is 16.2 Å². The van der Waals surface area contributed by atoms with Gasteiger partial charge in [-0.2, -0.15) is 13.2 Å². The Balaban J connectivity index is 1.82. The quantitative estimate of drug-likeness (QED) is 0.845. The molecule has 0 radical (unpaired) electrons. The molecule has 1 fully saturated rings. The first kappa shape index (κ1) is 18.2. The molecule has 0 saturated carbocycles. The van der Waals surface area contributed by atoms with Crippen LogP contribution in [-0.4, -0.2) is 44.5 Å². The molecule has 2 aromatic rings. The summed E-state index contributed by atoms with van der Waals surface area (Å²) in [6, 6.07) is 3.08. The van der Waals surface area contributed by atoms with E-state index in [2.05, 4.69) is 14.6 Å². The van der Waals surface area contributed by atoms with Crippen LogP contribution >= 0.6 is 0 Å². The van der Waals surface area contributed by atoms with E-state index in [1.54, 1.807) is 0 Å². The number of aromatic amines is 1. The number of nitrogens with one attached hydrogen (secondary N) is 2. The number of benzene rings is 1. The molecule has 0 spiro atoms. The van der Waals surface area contributed by atoms with E-state index in [1.807, 2.05) is 0 Å². The average Bonchev–Trinajstić information content (AvgIpc) is 3.02. The Bertz CT molecular complexity index is 840. The number of likely N-dealkylation sites (tertiary alicyclic amines) is 1. The van der Waals surface area contributed by atoms with Gasteiger partial charge in [0.15, 0.2) is 0 Å². The van der Waals surface area contributed by atoms with E-state index in [-0.39, 0.29) is 22.3 Å². The standard InChI is InChI=1S/C16H20F3N3O2S/c17-16(18,19)12-10-14-13(4-5-20-14)15(11-12)25(23,24)21-6-9-22-7-2-1-3-8-22/h4-5,10-11,20-21H,1-3,6-9H2. The molecule has 0 atom stereocenters. The Morgan fingerprint density at radius 3 is 2.56 bits per heavy atom. The first-order valence-corrected chi connectivity index (χ1v) is 9.66. The first-order chi connectivity index (χ1) is 11.8. The minimum absolute atomic E-state index is 0.145. The molecule has 2 N–H and O–H groups in total. The van der Waals surface area contributed by atoms with Crippen molar-refractivity contribution in [3.05, 3.63) is 30.0 Å². The van der Waals surface area contributed by atoms with Gasteiger partial charge in [-0.05, 0) is 44.1 Å². The molecule has 0 bridgehead atoms. The molecule has 2 heterocycles. The second-order valence-corrected chi connectivity index (χ2v) is 7.95. The fraction of sp³-hybridized carbons (Fsp3) is 0.500. The number of aromatic nitrogens is 1. The molecule has 1 aliphatic rings. The van der Waals surface area contributed by atoms with Crippen molar-refractivity contribution in [3.63, 3.8) is 0 Å². The predicted molar refractivity (Wildman–Crippen MR) is 88.8 cm³/mol. The maximum atomic E-state index is 13.0. The molecule has 25 heavy (non-hydrogen) atoms. The molecule has 1 aromatic carbocycles. The number of nitrogens with zero attached hydrogens (tertiary/aromatic N) is 1. The van der Waals surface area contributed by atoms with Gasteiger partial charge in [0.2, 0.25) is 10.0 Å². The topological polar surface area (TPSA) is 65.2 Å². The predicted octanol–water partition coefficient (Wildman–Crippen LogP) is 2.95. The number of alkyl halides is 3. The van der Waals surface area contributed by atoms with Gasteiger partial charge in [-0.15, -0.1) is 0 Å². The van der Waals surface area contributed by atoms with Crippen LogP contribution in [0.5, 0.6) is 0 Å². The van der Waals surface area contributed by atoms with Crippen LogP contribution < -0.4 is 4.72 Å². The van der Waals surface area contributed by atoms with Crippen molar-refractivity contribution in [1.82, 2.24) is 14.6 Å². The second-order valence-electron chi connectivity index (χ2n) is 6.21. The van der Waals surface area contributed by atoms with Gasteiger partial charge >= 0.3 is 6.18 Å². The number of H-pyrrole nitrogens is 1. The molecule has 0 unspecified atom stereocenters. The summed E-state index contributed by atoms with van der Waals surface area (Å²) < 4.78 is 66.7. The summed E-state index contributed by atoms with van der Waals surface area (Å²) in [4.78, 5) is 4.46. The third kappa shape index (κ3) is 4.16. The van der Waals surface area contributed by atoms with Crippen molar-refractivity contribution in [2.24, 2.45) is 0 Å². The van der Waals surface area contributed by atoms with Crippen molar-refractivity contribution in [3.8, 4) is 0 Å². The monoisotopic (exact) mass is 375 g/mol. The summed E-state index contributed by atoms with van der Waals surface area (Å²) in [7, 11) is -4.04. The van der Waals surface area contributed by atoms with E-state index in [0.29, 0.717) is 12.6 Å². The molecule has 0 amide bonds. The van der Waals surface area contributed by atoms with Crippen LogP contribution in [0.25, 0.3) is 10.9 Å². The Kier molecular flexibility index (Phi) is 5.08. The molecular weight excluding hydrogens is 355 g/mol. The molecule has 5 nitrogen and oxygen atoms in total. The highest BCUT2D eigenvalue weighted by Crippen LogP contribution is 2.34. The number of hydrogen-bond donors (Lipinski definition) is 2. The number of hydrogen-bond acceptors (Lipinski definition) is 3. The van der Waals surface area contributed by atoms with Gasteiger partial charge in [-0.25, -0.2) is 13.1 Å². The van der Waals surface area contributed by atoms with E-state index in [1.165, 1.54) is 18.7 Å². The maximum Gasteiger partial charge on any atom is 0.416 e. The molecule has 0 aliphatic carbocycles. The van der Waals surface area contributed by atoms with Crippen LogP contribution in [0, 0.1) is 0 Å². The lowest BCUT2D eigenvalue weighted by atomic mass is 10.1. The van der Waals surface area contributed by atoms with Gasteiger partial charge < -0.3 is 9.88 Å². The van der Waals surface area contributed by atoms with Crippen molar-refractivity contribution in [2.75, 3.05) is 26.2 Å². The molecule has 1 aromatic heterocycles. The smallest absolute Gasteiger partial charge is 0.361 e. The first-order valence-electron chi connectivity index (χ1n) is 8.18. The lowest BCUT2D eigenvalue weighted by molar-refractivity contribution is -0.137. The average molecular weight is 375 g/mol. The molecule has 1 saturated heterocycles. The minimum atomic E-state index is -4.61. The number of fused-ring (bicyclic) bond motifs is 1. The van der Waals surface area contributed by atoms with Crippen molar-refractivity contribution in [1.29, 1.82) is 0 Å². The van der Waals surface area contributed by atoms with Gasteiger partial charge in [0.05, 0.1) is 10.5 Å². The molecule has 9 heteroatoms. The van der Waals surface area contributed by atoms with Crippen molar-refractivity contribution < 1.29 is 21.6 Å². The summed E-state index contributed by atoms with van der Waals surface area (Å²) in [6.07, 6.45) is 0.168. The number of rotatable bonds is 5. The molecular formula is C16H20F3N3O2S. The SMILES string of the molecule is O=S(=O)(NCCN1CCCCC1)c1cc(C(F)(F)F)cc2[nH]ccc12. The van der Waals surface area contributed by atoms with E-state index >= 15 is 0 Å². The highest BCUT2D eigenvalue weighted by Gasteiger charge is 2.33. The Morgan fingerprint density at radius 2 is 1.88 bits per heavy atom. The lowest BCUT2D eigenvalue weighted by Crippen LogP contribution is -2.37. The maximum absolute atomic E-state index is 13.0. The molecule has 3 rings (SSSR count). The highest BCUT2D eigenvalue weighted by molar-refractivity contribution is 7.89. The summed E-state index contributed by atoms with van der Waals surface area (Å²) in [5, 5.41) is 0.249. The van der Waals surface area contributed by atoms with Crippen LogP contribution in [0.15, 0.2) is 29.3 Å². The fourth-order valence-corrected chi connectivity index (χ4v) is 4.38. The lowest BCUT2D eigenvalue weighted by Gasteiger charge is -2.26. The Morgan fingerprint density at radius 1 is 1.16 bits per heavy atom. The van der Waals surface area contributed by atoms with Gasteiger partial charge in [0.25, 0.3) is 0 Å². The fourth-order valence-electron chi connectivity index (χ4n) is 3.12. The number of halogens is 3. The highest BCUT2D eigenvalue weighted by atomic mass is 32.2. The number of sulfonamides is 1. The summed E-state index contributed by atoms with van der Waals surface area (Å²) in [5.74, 6) is 0. The third-order valence-corrected chi connectivity index (χ3v) is 5.92. The van der Waals surface area contributed by atoms with E-state index in [9.17, 15) is 21.6 Å². The zero-order valence-corrected chi connectivity index (χ0v) is 14.4. The Labute approximate surface area is 144 Å². The minimum Gasteiger partial charge on any atom is -0.361 e. The summed E-state index contributed by atoms with van der Waals surface area (Å²) >= 11 is 0. The van der Waals surface area contributed by atoms with Crippen LogP contribution in [0.3, 0.4) is 0 Å². The van der Waals surface area contributed by atoms with E-state index in [0.717, 1.165) is 32.0 Å².